The number of carbonyl (C=O) groups is 1. The second-order valence-electron chi connectivity index (χ2n) is 6.37. The Kier molecular flexibility index (Phi) is 5.39. The first kappa shape index (κ1) is 19.9. The molecule has 0 atom stereocenters. The Balaban J connectivity index is 1.48. The predicted molar refractivity (Wildman–Crippen MR) is 116 cm³/mol. The van der Waals surface area contributed by atoms with Crippen LogP contribution in [0.4, 0.5) is 5.69 Å². The number of rotatable bonds is 4. The standard InChI is InChI=1S/C22H15ClN2O4S/c23-16-6-3-5-15(13-16)11-12-21(26)29-18-8-4-7-17(14-18)24-22-19-9-1-2-10-20(19)30(27,28)25-22/h1-14H,(H,24,25)/b12-11+. The number of halogens is 1. The lowest BCUT2D eigenvalue weighted by atomic mass is 10.2. The molecule has 30 heavy (non-hydrogen) atoms. The molecule has 0 spiro atoms. The Morgan fingerprint density at radius 1 is 1.00 bits per heavy atom. The van der Waals surface area contributed by atoms with E-state index in [2.05, 4.69) is 9.71 Å². The molecule has 3 aromatic rings. The third-order valence-corrected chi connectivity index (χ3v) is 5.78. The first-order valence-electron chi connectivity index (χ1n) is 8.88. The van der Waals surface area contributed by atoms with E-state index >= 15 is 0 Å². The Hall–Kier alpha value is -3.42. The van der Waals surface area contributed by atoms with E-state index in [0.717, 1.165) is 5.56 Å². The zero-order valence-corrected chi connectivity index (χ0v) is 17.0. The summed E-state index contributed by atoms with van der Waals surface area (Å²) >= 11 is 5.92. The van der Waals surface area contributed by atoms with E-state index in [9.17, 15) is 13.2 Å². The van der Waals surface area contributed by atoms with E-state index < -0.39 is 16.0 Å². The minimum Gasteiger partial charge on any atom is -0.423 e. The fraction of sp³-hybridized carbons (Fsp3) is 0. The summed E-state index contributed by atoms with van der Waals surface area (Å²) in [6.07, 6.45) is 2.90. The topological polar surface area (TPSA) is 84.8 Å². The highest BCUT2D eigenvalue weighted by molar-refractivity contribution is 7.90. The van der Waals surface area contributed by atoms with E-state index in [1.807, 2.05) is 6.07 Å². The highest BCUT2D eigenvalue weighted by atomic mass is 35.5. The van der Waals surface area contributed by atoms with E-state index in [0.29, 0.717) is 22.0 Å². The van der Waals surface area contributed by atoms with Crippen LogP contribution in [-0.4, -0.2) is 20.2 Å². The van der Waals surface area contributed by atoms with Crippen molar-refractivity contribution in [3.8, 4) is 5.75 Å². The van der Waals surface area contributed by atoms with Crippen molar-refractivity contribution < 1.29 is 17.9 Å². The highest BCUT2D eigenvalue weighted by Crippen LogP contribution is 2.27. The summed E-state index contributed by atoms with van der Waals surface area (Å²) < 4.78 is 33.4. The number of fused-ring (bicyclic) bond motifs is 1. The van der Waals surface area contributed by atoms with Crippen molar-refractivity contribution in [1.29, 1.82) is 0 Å². The number of amidine groups is 1. The van der Waals surface area contributed by atoms with Crippen molar-refractivity contribution in [3.63, 3.8) is 0 Å². The minimum atomic E-state index is -3.72. The van der Waals surface area contributed by atoms with Gasteiger partial charge >= 0.3 is 5.97 Å². The number of esters is 1. The van der Waals surface area contributed by atoms with Crippen LogP contribution >= 0.6 is 11.6 Å². The summed E-state index contributed by atoms with van der Waals surface area (Å²) in [6, 6.07) is 20.2. The van der Waals surface area contributed by atoms with Gasteiger partial charge in [0.15, 0.2) is 5.84 Å². The highest BCUT2D eigenvalue weighted by Gasteiger charge is 2.28. The van der Waals surface area contributed by atoms with E-state index in [-0.39, 0.29) is 10.7 Å². The molecule has 0 saturated carbocycles. The van der Waals surface area contributed by atoms with Crippen molar-refractivity contribution in [2.75, 3.05) is 5.32 Å². The van der Waals surface area contributed by atoms with Gasteiger partial charge < -0.3 is 10.1 Å². The third-order valence-electron chi connectivity index (χ3n) is 4.21. The van der Waals surface area contributed by atoms with Gasteiger partial charge in [0.2, 0.25) is 0 Å². The average molecular weight is 439 g/mol. The molecule has 1 heterocycles. The molecule has 1 aliphatic rings. The predicted octanol–water partition coefficient (Wildman–Crippen LogP) is 4.52. The van der Waals surface area contributed by atoms with Crippen LogP contribution < -0.4 is 10.1 Å². The van der Waals surface area contributed by atoms with Crippen molar-refractivity contribution in [2.24, 2.45) is 4.40 Å². The lowest BCUT2D eigenvalue weighted by molar-refractivity contribution is -0.128. The van der Waals surface area contributed by atoms with E-state index in [1.54, 1.807) is 66.7 Å². The Morgan fingerprint density at radius 3 is 2.63 bits per heavy atom. The third kappa shape index (κ3) is 4.42. The number of sulfonamides is 1. The lowest BCUT2D eigenvalue weighted by Crippen LogP contribution is -2.11. The molecule has 0 saturated heterocycles. The van der Waals surface area contributed by atoms with Gasteiger partial charge in [-0.15, -0.1) is 4.40 Å². The quantitative estimate of drug-likeness (QED) is 0.368. The molecule has 6 nitrogen and oxygen atoms in total. The number of hydrogen-bond donors (Lipinski definition) is 1. The monoisotopic (exact) mass is 438 g/mol. The minimum absolute atomic E-state index is 0.154. The van der Waals surface area contributed by atoms with Crippen LogP contribution in [-0.2, 0) is 14.8 Å². The molecule has 0 amide bonds. The normalized spacial score (nSPS) is 14.2. The number of carbonyl (C=O) groups excluding carboxylic acids is 1. The fourth-order valence-corrected chi connectivity index (χ4v) is 4.27. The maximum atomic E-state index is 12.2. The molecule has 8 heteroatoms. The van der Waals surface area contributed by atoms with E-state index in [4.69, 9.17) is 16.3 Å². The van der Waals surface area contributed by atoms with Crippen LogP contribution in [0.25, 0.3) is 6.08 Å². The molecule has 0 unspecified atom stereocenters. The molecule has 150 valence electrons. The van der Waals surface area contributed by atoms with Crippen molar-refractivity contribution >= 4 is 45.2 Å². The van der Waals surface area contributed by atoms with Crippen molar-refractivity contribution in [3.05, 3.63) is 95.0 Å². The first-order chi connectivity index (χ1) is 14.4. The Labute approximate surface area is 178 Å². The smallest absolute Gasteiger partial charge is 0.336 e. The molecule has 0 aromatic heterocycles. The number of nitrogens with one attached hydrogen (secondary N) is 1. The maximum Gasteiger partial charge on any atom is 0.336 e. The molecule has 0 aliphatic carbocycles. The molecular formula is C22H15ClN2O4S. The van der Waals surface area contributed by atoms with Gasteiger partial charge in [-0.3, -0.25) is 0 Å². The zero-order valence-electron chi connectivity index (χ0n) is 15.4. The average Bonchev–Trinajstić information content (AvgIpc) is 2.97. The van der Waals surface area contributed by atoms with Crippen LogP contribution in [0.5, 0.6) is 5.75 Å². The van der Waals surface area contributed by atoms with Crippen molar-refractivity contribution in [2.45, 2.75) is 4.90 Å². The lowest BCUT2D eigenvalue weighted by Gasteiger charge is -2.08. The van der Waals surface area contributed by atoms with Gasteiger partial charge in [-0.2, -0.15) is 8.42 Å². The molecule has 0 bridgehead atoms. The summed E-state index contributed by atoms with van der Waals surface area (Å²) in [4.78, 5) is 12.3. The van der Waals surface area contributed by atoms with Crippen LogP contribution in [0.1, 0.15) is 11.1 Å². The molecule has 4 rings (SSSR count). The van der Waals surface area contributed by atoms with Gasteiger partial charge in [0.05, 0.1) is 0 Å². The van der Waals surface area contributed by atoms with Gasteiger partial charge in [0.1, 0.15) is 10.6 Å². The first-order valence-corrected chi connectivity index (χ1v) is 10.7. The summed E-state index contributed by atoms with van der Waals surface area (Å²) in [5.74, 6) is -0.0383. The molecule has 0 fully saturated rings. The van der Waals surface area contributed by atoms with Gasteiger partial charge in [-0.1, -0.05) is 41.9 Å². The van der Waals surface area contributed by atoms with Gasteiger partial charge in [0.25, 0.3) is 10.0 Å². The number of benzene rings is 3. The second-order valence-corrected chi connectivity index (χ2v) is 8.38. The largest absolute Gasteiger partial charge is 0.423 e. The van der Waals surface area contributed by atoms with Gasteiger partial charge in [0, 0.05) is 28.4 Å². The molecule has 1 N–H and O–H groups in total. The number of anilines is 1. The van der Waals surface area contributed by atoms with Crippen LogP contribution in [0, 0.1) is 0 Å². The summed E-state index contributed by atoms with van der Waals surface area (Å²) in [5.41, 5.74) is 1.79. The number of hydrogen-bond acceptors (Lipinski definition) is 5. The SMILES string of the molecule is O=C(/C=C/c1cccc(Cl)c1)Oc1cccc(NC2=NS(=O)(=O)c3ccccc32)c1. The van der Waals surface area contributed by atoms with Crippen LogP contribution in [0.15, 0.2) is 88.2 Å². The molecule has 0 radical (unpaired) electrons. The van der Waals surface area contributed by atoms with E-state index in [1.165, 1.54) is 12.1 Å². The fourth-order valence-electron chi connectivity index (χ4n) is 2.89. The summed E-state index contributed by atoms with van der Waals surface area (Å²) in [7, 11) is -3.72. The Morgan fingerprint density at radius 2 is 1.80 bits per heavy atom. The molecule has 1 aliphatic heterocycles. The molecule has 3 aromatic carbocycles. The van der Waals surface area contributed by atoms with Gasteiger partial charge in [-0.05, 0) is 48.0 Å². The second kappa shape index (κ2) is 8.14. The number of nitrogens with zero attached hydrogens (tertiary/aromatic N) is 1. The Bertz CT molecular complexity index is 1300. The van der Waals surface area contributed by atoms with Gasteiger partial charge in [-0.25, -0.2) is 4.79 Å². The summed E-state index contributed by atoms with van der Waals surface area (Å²) in [5, 5.41) is 3.55. The van der Waals surface area contributed by atoms with Crippen LogP contribution in [0.3, 0.4) is 0 Å². The van der Waals surface area contributed by atoms with Crippen molar-refractivity contribution in [1.82, 2.24) is 0 Å². The zero-order chi connectivity index (χ0) is 21.1. The molecular weight excluding hydrogens is 424 g/mol. The number of ether oxygens (including phenoxy) is 1. The maximum absolute atomic E-state index is 12.2. The summed E-state index contributed by atoms with van der Waals surface area (Å²) in [6.45, 7) is 0. The van der Waals surface area contributed by atoms with Crippen LogP contribution in [0.2, 0.25) is 5.02 Å².